The third kappa shape index (κ3) is 8.22. The minimum atomic E-state index is -1.99. The van der Waals surface area contributed by atoms with E-state index in [-0.39, 0.29) is 34.0 Å². The van der Waals surface area contributed by atoms with Crippen molar-refractivity contribution in [2.24, 2.45) is 17.3 Å². The SMILES string of the molecule is C/C=C/[C@H](O[Si](C)(C)C(C)(C)C)C(C)(C)[C@H](C/C=C\[C@H]1C[C@H]1CO)N[S@](=O)C(C)(C)C. The van der Waals surface area contributed by atoms with Gasteiger partial charge in [-0.3, -0.25) is 0 Å². The van der Waals surface area contributed by atoms with Crippen molar-refractivity contribution >= 4 is 19.3 Å². The molecule has 1 rings (SSSR count). The summed E-state index contributed by atoms with van der Waals surface area (Å²) < 4.78 is 23.0. The minimum absolute atomic E-state index is 0.0129. The lowest BCUT2D eigenvalue weighted by molar-refractivity contribution is 0.0729. The molecule has 31 heavy (non-hydrogen) atoms. The van der Waals surface area contributed by atoms with Gasteiger partial charge in [0.2, 0.25) is 0 Å². The number of aliphatic hydroxyl groups excluding tert-OH is 1. The summed E-state index contributed by atoms with van der Waals surface area (Å²) in [4.78, 5) is 0. The summed E-state index contributed by atoms with van der Waals surface area (Å²) in [6.07, 6.45) is 10.4. The molecule has 4 nitrogen and oxygen atoms in total. The second kappa shape index (κ2) is 10.8. The second-order valence-electron chi connectivity index (χ2n) is 12.2. The largest absolute Gasteiger partial charge is 0.410 e. The molecule has 0 spiro atoms. The molecule has 1 aliphatic rings. The van der Waals surface area contributed by atoms with Crippen LogP contribution in [0.5, 0.6) is 0 Å². The molecule has 6 heteroatoms. The average Bonchev–Trinajstić information content (AvgIpc) is 3.36. The maximum absolute atomic E-state index is 13.0. The van der Waals surface area contributed by atoms with E-state index in [9.17, 15) is 9.32 Å². The van der Waals surface area contributed by atoms with Gasteiger partial charge in [-0.15, -0.1) is 0 Å². The lowest BCUT2D eigenvalue weighted by Gasteiger charge is -2.46. The summed E-state index contributed by atoms with van der Waals surface area (Å²) in [6, 6.07) is -0.0129. The van der Waals surface area contributed by atoms with E-state index in [1.54, 1.807) is 0 Å². The predicted octanol–water partition coefficient (Wildman–Crippen LogP) is 5.97. The minimum Gasteiger partial charge on any atom is -0.410 e. The number of hydrogen-bond acceptors (Lipinski definition) is 3. The van der Waals surface area contributed by atoms with Gasteiger partial charge in [0.25, 0.3) is 0 Å². The van der Waals surface area contributed by atoms with E-state index in [2.05, 4.69) is 76.7 Å². The predicted molar refractivity (Wildman–Crippen MR) is 138 cm³/mol. The van der Waals surface area contributed by atoms with Crippen molar-refractivity contribution in [2.45, 2.75) is 110 Å². The number of aliphatic hydroxyl groups is 1. The molecule has 5 atom stereocenters. The van der Waals surface area contributed by atoms with Crippen LogP contribution in [-0.2, 0) is 15.4 Å². The van der Waals surface area contributed by atoms with E-state index < -0.39 is 19.3 Å². The second-order valence-corrected chi connectivity index (χ2v) is 19.0. The topological polar surface area (TPSA) is 58.6 Å². The number of rotatable bonds is 11. The number of allylic oxidation sites excluding steroid dienone is 2. The normalized spacial score (nSPS) is 24.0. The van der Waals surface area contributed by atoms with E-state index >= 15 is 0 Å². The summed E-state index contributed by atoms with van der Waals surface area (Å²) >= 11 is 0. The van der Waals surface area contributed by atoms with Crippen LogP contribution in [-0.4, -0.2) is 41.1 Å². The molecule has 0 aromatic heterocycles. The van der Waals surface area contributed by atoms with Gasteiger partial charge >= 0.3 is 0 Å². The molecule has 0 aliphatic heterocycles. The first-order valence-corrected chi connectivity index (χ1v) is 15.8. The number of nitrogens with one attached hydrogen (secondary N) is 1. The van der Waals surface area contributed by atoms with Gasteiger partial charge in [0.1, 0.15) is 0 Å². The van der Waals surface area contributed by atoms with E-state index in [1.165, 1.54) is 0 Å². The van der Waals surface area contributed by atoms with Gasteiger partial charge in [0.15, 0.2) is 8.32 Å². The first-order chi connectivity index (χ1) is 14.0. The first-order valence-electron chi connectivity index (χ1n) is 11.7. The van der Waals surface area contributed by atoms with Gasteiger partial charge in [-0.1, -0.05) is 58.9 Å². The molecule has 0 saturated heterocycles. The Balaban J connectivity index is 3.17. The van der Waals surface area contributed by atoms with Crippen molar-refractivity contribution in [3.05, 3.63) is 24.3 Å². The molecule has 0 radical (unpaired) electrons. The molecule has 0 amide bonds. The average molecular weight is 472 g/mol. The van der Waals surface area contributed by atoms with Crippen LogP contribution in [0.4, 0.5) is 0 Å². The van der Waals surface area contributed by atoms with Crippen LogP contribution < -0.4 is 4.72 Å². The molecular formula is C25H49NO3SSi. The van der Waals surface area contributed by atoms with E-state index in [0.717, 1.165) is 12.8 Å². The Morgan fingerprint density at radius 2 is 1.74 bits per heavy atom. The fourth-order valence-corrected chi connectivity index (χ4v) is 5.60. The Morgan fingerprint density at radius 1 is 1.16 bits per heavy atom. The van der Waals surface area contributed by atoms with Gasteiger partial charge in [0, 0.05) is 18.1 Å². The Kier molecular flexibility index (Phi) is 9.99. The Morgan fingerprint density at radius 3 is 2.16 bits per heavy atom. The molecule has 0 heterocycles. The summed E-state index contributed by atoms with van der Waals surface area (Å²) in [5.74, 6) is 0.897. The van der Waals surface area contributed by atoms with Crippen LogP contribution in [0.15, 0.2) is 24.3 Å². The third-order valence-corrected chi connectivity index (χ3v) is 13.1. The first kappa shape index (κ1) is 28.8. The summed E-state index contributed by atoms with van der Waals surface area (Å²) in [5, 5.41) is 9.44. The Labute approximate surface area is 196 Å². The van der Waals surface area contributed by atoms with E-state index in [1.807, 2.05) is 27.7 Å². The molecule has 0 unspecified atom stereocenters. The van der Waals surface area contributed by atoms with Crippen LogP contribution in [0.2, 0.25) is 18.1 Å². The molecule has 1 fully saturated rings. The molecule has 0 aromatic carbocycles. The zero-order valence-electron chi connectivity index (χ0n) is 21.9. The molecule has 2 N–H and O–H groups in total. The highest BCUT2D eigenvalue weighted by molar-refractivity contribution is 7.84. The standard InChI is InChI=1S/C25H49NO3SSi/c1-12-14-22(29-31(10,11)24(5,6)7)25(8,9)21(26-30(28)23(2,3)4)16-13-15-19-17-20(19)18-27/h12-15,19-22,26-27H,16-18H2,1-11H3/b14-12+,15-13-/t19-,20-,21-,22-,30+/m0/s1. The molecule has 0 aromatic rings. The maximum atomic E-state index is 13.0. The summed E-state index contributed by atoms with van der Waals surface area (Å²) in [7, 11) is -3.17. The highest BCUT2D eigenvalue weighted by Gasteiger charge is 2.45. The smallest absolute Gasteiger partial charge is 0.192 e. The molecular weight excluding hydrogens is 422 g/mol. The molecule has 0 bridgehead atoms. The van der Waals surface area contributed by atoms with Crippen molar-refractivity contribution in [3.63, 3.8) is 0 Å². The monoisotopic (exact) mass is 471 g/mol. The van der Waals surface area contributed by atoms with Crippen molar-refractivity contribution < 1.29 is 13.7 Å². The maximum Gasteiger partial charge on any atom is 0.192 e. The van der Waals surface area contributed by atoms with Crippen molar-refractivity contribution in [3.8, 4) is 0 Å². The highest BCUT2D eigenvalue weighted by atomic mass is 32.2. The quantitative estimate of drug-likeness (QED) is 0.288. The lowest BCUT2D eigenvalue weighted by Crippen LogP contribution is -2.55. The zero-order valence-corrected chi connectivity index (χ0v) is 23.7. The van der Waals surface area contributed by atoms with Crippen LogP contribution >= 0.6 is 0 Å². The van der Waals surface area contributed by atoms with E-state index in [0.29, 0.717) is 11.8 Å². The lowest BCUT2D eigenvalue weighted by atomic mass is 9.77. The van der Waals surface area contributed by atoms with Crippen LogP contribution in [0, 0.1) is 17.3 Å². The van der Waals surface area contributed by atoms with Crippen LogP contribution in [0.1, 0.15) is 75.2 Å². The fraction of sp³-hybridized carbons (Fsp3) is 0.840. The summed E-state index contributed by atoms with van der Waals surface area (Å²) in [5.41, 5.74) is -0.271. The molecule has 182 valence electrons. The van der Waals surface area contributed by atoms with Crippen molar-refractivity contribution in [2.75, 3.05) is 6.61 Å². The van der Waals surface area contributed by atoms with Gasteiger partial charge < -0.3 is 9.53 Å². The van der Waals surface area contributed by atoms with Crippen LogP contribution in [0.3, 0.4) is 0 Å². The van der Waals surface area contributed by atoms with Crippen molar-refractivity contribution in [1.82, 2.24) is 4.72 Å². The van der Waals surface area contributed by atoms with E-state index in [4.69, 9.17) is 4.43 Å². The highest BCUT2D eigenvalue weighted by Crippen LogP contribution is 2.42. The Hall–Kier alpha value is -0.273. The van der Waals surface area contributed by atoms with Gasteiger partial charge in [-0.2, -0.15) is 0 Å². The zero-order chi connectivity index (χ0) is 24.3. The van der Waals surface area contributed by atoms with Crippen LogP contribution in [0.25, 0.3) is 0 Å². The molecule has 1 saturated carbocycles. The van der Waals surface area contributed by atoms with Gasteiger partial charge in [0.05, 0.1) is 21.8 Å². The molecule has 1 aliphatic carbocycles. The van der Waals surface area contributed by atoms with Gasteiger partial charge in [-0.05, 0) is 70.5 Å². The fourth-order valence-electron chi connectivity index (χ4n) is 3.22. The number of hydrogen-bond donors (Lipinski definition) is 2. The Bertz CT molecular complexity index is 659. The third-order valence-electron chi connectivity index (χ3n) is 7.00. The summed E-state index contributed by atoms with van der Waals surface area (Å²) in [6.45, 7) is 24.1. The van der Waals surface area contributed by atoms with Gasteiger partial charge in [-0.25, -0.2) is 8.93 Å². The van der Waals surface area contributed by atoms with Crippen molar-refractivity contribution in [1.29, 1.82) is 0 Å².